The summed E-state index contributed by atoms with van der Waals surface area (Å²) in [7, 11) is 1.82. The summed E-state index contributed by atoms with van der Waals surface area (Å²) in [6, 6.07) is 0.695. The van der Waals surface area contributed by atoms with E-state index in [-0.39, 0.29) is 0 Å². The third kappa shape index (κ3) is 3.44. The van der Waals surface area contributed by atoms with Gasteiger partial charge in [-0.25, -0.2) is 0 Å². The minimum absolute atomic E-state index is 0.477. The van der Waals surface area contributed by atoms with Crippen LogP contribution in [-0.2, 0) is 9.47 Å². The number of rotatable bonds is 4. The molecule has 0 amide bonds. The van der Waals surface area contributed by atoms with Crippen molar-refractivity contribution in [1.82, 2.24) is 5.32 Å². The first kappa shape index (κ1) is 11.4. The first-order valence-corrected chi connectivity index (χ1v) is 6.26. The van der Waals surface area contributed by atoms with Crippen LogP contribution >= 0.6 is 0 Å². The Labute approximate surface area is 92.5 Å². The summed E-state index contributed by atoms with van der Waals surface area (Å²) in [5, 5.41) is 3.63. The van der Waals surface area contributed by atoms with Crippen molar-refractivity contribution in [2.75, 3.05) is 20.3 Å². The molecule has 0 spiro atoms. The minimum atomic E-state index is 0.477. The predicted octanol–water partition coefficient (Wildman–Crippen LogP) is 1.71. The monoisotopic (exact) mass is 213 g/mol. The third-order valence-electron chi connectivity index (χ3n) is 3.67. The summed E-state index contributed by atoms with van der Waals surface area (Å²) >= 11 is 0. The van der Waals surface area contributed by atoms with Gasteiger partial charge in [0.15, 0.2) is 0 Å². The van der Waals surface area contributed by atoms with Gasteiger partial charge in [0.1, 0.15) is 0 Å². The Bertz CT molecular complexity index is 172. The van der Waals surface area contributed by atoms with E-state index < -0.39 is 0 Å². The molecule has 2 fully saturated rings. The molecule has 88 valence electrons. The highest BCUT2D eigenvalue weighted by Crippen LogP contribution is 2.21. The van der Waals surface area contributed by atoms with Gasteiger partial charge in [-0.05, 0) is 38.5 Å². The molecule has 15 heavy (non-hydrogen) atoms. The Morgan fingerprint density at radius 1 is 1.20 bits per heavy atom. The minimum Gasteiger partial charge on any atom is -0.381 e. The normalized spacial score (nSPS) is 37.0. The Morgan fingerprint density at radius 3 is 2.60 bits per heavy atom. The smallest absolute Gasteiger partial charge is 0.0700 e. The van der Waals surface area contributed by atoms with E-state index in [1.165, 1.54) is 38.5 Å². The molecular weight excluding hydrogens is 190 g/mol. The number of nitrogens with one attached hydrogen (secondary N) is 1. The Morgan fingerprint density at radius 2 is 2.00 bits per heavy atom. The van der Waals surface area contributed by atoms with Crippen molar-refractivity contribution < 1.29 is 9.47 Å². The molecule has 1 atom stereocenters. The molecule has 2 rings (SSSR count). The van der Waals surface area contributed by atoms with Gasteiger partial charge in [-0.3, -0.25) is 0 Å². The van der Waals surface area contributed by atoms with Crippen LogP contribution in [0.4, 0.5) is 0 Å². The highest BCUT2D eigenvalue weighted by atomic mass is 16.5. The summed E-state index contributed by atoms with van der Waals surface area (Å²) in [5.41, 5.74) is 0. The van der Waals surface area contributed by atoms with Crippen molar-refractivity contribution in [3.05, 3.63) is 0 Å². The molecule has 0 aromatic carbocycles. The molecule has 2 aliphatic rings. The lowest BCUT2D eigenvalue weighted by Crippen LogP contribution is -2.39. The zero-order valence-corrected chi connectivity index (χ0v) is 9.71. The fraction of sp³-hybridized carbons (Fsp3) is 1.00. The molecule has 1 aliphatic heterocycles. The van der Waals surface area contributed by atoms with E-state index in [4.69, 9.17) is 9.47 Å². The lowest BCUT2D eigenvalue weighted by molar-refractivity contribution is 0.0583. The number of ether oxygens (including phenoxy) is 2. The molecule has 1 saturated heterocycles. The molecule has 1 aliphatic carbocycles. The van der Waals surface area contributed by atoms with E-state index in [1.807, 2.05) is 7.11 Å². The van der Waals surface area contributed by atoms with Gasteiger partial charge in [-0.15, -0.1) is 0 Å². The maximum absolute atomic E-state index is 5.60. The SMILES string of the molecule is COC1CCC(NCC2CCCO2)CC1. The van der Waals surface area contributed by atoms with Gasteiger partial charge in [0, 0.05) is 26.3 Å². The van der Waals surface area contributed by atoms with E-state index in [9.17, 15) is 0 Å². The molecular formula is C12H23NO2. The standard InChI is InChI=1S/C12H23NO2/c1-14-11-6-4-10(5-7-11)13-9-12-3-2-8-15-12/h10-13H,2-9H2,1H3. The largest absolute Gasteiger partial charge is 0.381 e. The molecule has 1 saturated carbocycles. The van der Waals surface area contributed by atoms with Crippen LogP contribution in [0.5, 0.6) is 0 Å². The maximum atomic E-state index is 5.60. The van der Waals surface area contributed by atoms with Crippen LogP contribution in [0, 0.1) is 0 Å². The Kier molecular flexibility index (Phi) is 4.42. The first-order chi connectivity index (χ1) is 7.38. The van der Waals surface area contributed by atoms with E-state index in [2.05, 4.69) is 5.32 Å². The van der Waals surface area contributed by atoms with Crippen molar-refractivity contribution in [1.29, 1.82) is 0 Å². The molecule has 0 bridgehead atoms. The summed E-state index contributed by atoms with van der Waals surface area (Å²) < 4.78 is 11.0. The van der Waals surface area contributed by atoms with Gasteiger partial charge in [0.05, 0.1) is 12.2 Å². The van der Waals surface area contributed by atoms with Gasteiger partial charge in [0.2, 0.25) is 0 Å². The topological polar surface area (TPSA) is 30.5 Å². The average molecular weight is 213 g/mol. The summed E-state index contributed by atoms with van der Waals surface area (Å²) in [5.74, 6) is 0. The lowest BCUT2D eigenvalue weighted by Gasteiger charge is -2.29. The Balaban J connectivity index is 1.59. The molecule has 1 N–H and O–H groups in total. The second-order valence-corrected chi connectivity index (χ2v) is 4.75. The van der Waals surface area contributed by atoms with Crippen molar-refractivity contribution in [2.45, 2.75) is 56.8 Å². The predicted molar refractivity (Wildman–Crippen MR) is 60.0 cm³/mol. The molecule has 1 heterocycles. The van der Waals surface area contributed by atoms with Crippen molar-refractivity contribution in [3.63, 3.8) is 0 Å². The summed E-state index contributed by atoms with van der Waals surface area (Å²) in [4.78, 5) is 0. The van der Waals surface area contributed by atoms with E-state index in [0.29, 0.717) is 18.2 Å². The van der Waals surface area contributed by atoms with Gasteiger partial charge < -0.3 is 14.8 Å². The number of hydrogen-bond donors (Lipinski definition) is 1. The van der Waals surface area contributed by atoms with Crippen LogP contribution in [0.1, 0.15) is 38.5 Å². The number of methoxy groups -OCH3 is 1. The van der Waals surface area contributed by atoms with Gasteiger partial charge in [0.25, 0.3) is 0 Å². The molecule has 3 heteroatoms. The third-order valence-corrected chi connectivity index (χ3v) is 3.67. The van der Waals surface area contributed by atoms with Crippen LogP contribution in [0.2, 0.25) is 0 Å². The second-order valence-electron chi connectivity index (χ2n) is 4.75. The van der Waals surface area contributed by atoms with E-state index in [1.54, 1.807) is 0 Å². The number of hydrogen-bond acceptors (Lipinski definition) is 3. The second kappa shape index (κ2) is 5.83. The molecule has 1 unspecified atom stereocenters. The average Bonchev–Trinajstić information content (AvgIpc) is 2.80. The van der Waals surface area contributed by atoms with Gasteiger partial charge in [-0.2, -0.15) is 0 Å². The zero-order valence-electron chi connectivity index (χ0n) is 9.71. The van der Waals surface area contributed by atoms with Crippen LogP contribution in [0.25, 0.3) is 0 Å². The highest BCUT2D eigenvalue weighted by Gasteiger charge is 2.22. The Hall–Kier alpha value is -0.120. The van der Waals surface area contributed by atoms with Crippen LogP contribution in [0.3, 0.4) is 0 Å². The van der Waals surface area contributed by atoms with Gasteiger partial charge >= 0.3 is 0 Å². The summed E-state index contributed by atoms with van der Waals surface area (Å²) in [6.07, 6.45) is 8.38. The van der Waals surface area contributed by atoms with E-state index >= 15 is 0 Å². The molecule has 0 aromatic rings. The van der Waals surface area contributed by atoms with Crippen molar-refractivity contribution in [3.8, 4) is 0 Å². The van der Waals surface area contributed by atoms with Crippen LogP contribution in [0.15, 0.2) is 0 Å². The maximum Gasteiger partial charge on any atom is 0.0700 e. The summed E-state index contributed by atoms with van der Waals surface area (Å²) in [6.45, 7) is 2.01. The first-order valence-electron chi connectivity index (χ1n) is 6.26. The van der Waals surface area contributed by atoms with Gasteiger partial charge in [-0.1, -0.05) is 0 Å². The van der Waals surface area contributed by atoms with Crippen molar-refractivity contribution >= 4 is 0 Å². The molecule has 3 nitrogen and oxygen atoms in total. The van der Waals surface area contributed by atoms with Crippen LogP contribution in [-0.4, -0.2) is 38.5 Å². The van der Waals surface area contributed by atoms with Crippen LogP contribution < -0.4 is 5.32 Å². The molecule has 0 radical (unpaired) electrons. The fourth-order valence-corrected chi connectivity index (χ4v) is 2.61. The van der Waals surface area contributed by atoms with Crippen molar-refractivity contribution in [2.24, 2.45) is 0 Å². The fourth-order valence-electron chi connectivity index (χ4n) is 2.61. The zero-order chi connectivity index (χ0) is 10.5. The highest BCUT2D eigenvalue weighted by molar-refractivity contribution is 4.79. The molecule has 0 aromatic heterocycles. The quantitative estimate of drug-likeness (QED) is 0.771. The lowest BCUT2D eigenvalue weighted by atomic mass is 9.93. The van der Waals surface area contributed by atoms with E-state index in [0.717, 1.165) is 13.2 Å².